The van der Waals surface area contributed by atoms with Gasteiger partial charge in [-0.2, -0.15) is 22.7 Å². The van der Waals surface area contributed by atoms with Gasteiger partial charge in [-0.15, -0.1) is 0 Å². The highest BCUT2D eigenvalue weighted by atomic mass is 35.5. The van der Waals surface area contributed by atoms with Crippen LogP contribution in [0.2, 0.25) is 5.02 Å². The van der Waals surface area contributed by atoms with Crippen LogP contribution in [0.4, 0.5) is 5.69 Å². The SMILES string of the molecule is CCNOS(=O)(=O)CCN1C(=CC(=Cc2oc3ccc(-c4ccccc4)cc3[n+]2CCS(=O)O)CC)Oc2ccc(Cl)cc21. The number of rotatable bonds is 13. The summed E-state index contributed by atoms with van der Waals surface area (Å²) in [4.78, 5) is 1.74. The minimum atomic E-state index is -3.85. The van der Waals surface area contributed by atoms with Crippen LogP contribution in [0.3, 0.4) is 0 Å². The average molecular weight is 659 g/mol. The summed E-state index contributed by atoms with van der Waals surface area (Å²) in [5.74, 6) is 1.17. The predicted molar refractivity (Wildman–Crippen MR) is 172 cm³/mol. The summed E-state index contributed by atoms with van der Waals surface area (Å²) < 4.78 is 65.2. The Morgan fingerprint density at radius 1 is 1.11 bits per heavy atom. The Bertz CT molecular complexity index is 1840. The van der Waals surface area contributed by atoms with Crippen molar-refractivity contribution < 1.29 is 35.2 Å². The molecule has 3 aromatic carbocycles. The second kappa shape index (κ2) is 14.1. The second-order valence-corrected chi connectivity index (χ2v) is 13.1. The number of hydrogen-bond donors (Lipinski definition) is 2. The van der Waals surface area contributed by atoms with E-state index in [2.05, 4.69) is 5.48 Å². The molecule has 44 heavy (non-hydrogen) atoms. The van der Waals surface area contributed by atoms with Crippen LogP contribution in [0.25, 0.3) is 28.3 Å². The molecule has 2 heterocycles. The molecule has 10 nitrogen and oxygen atoms in total. The second-order valence-electron chi connectivity index (χ2n) is 9.93. The summed E-state index contributed by atoms with van der Waals surface area (Å²) >= 11 is 4.27. The van der Waals surface area contributed by atoms with Gasteiger partial charge >= 0.3 is 5.89 Å². The van der Waals surface area contributed by atoms with E-state index in [1.807, 2.05) is 72.2 Å². The van der Waals surface area contributed by atoms with Crippen LogP contribution >= 0.6 is 11.6 Å². The van der Waals surface area contributed by atoms with Crippen LogP contribution < -0.4 is 19.7 Å². The van der Waals surface area contributed by atoms with Crippen molar-refractivity contribution in [2.24, 2.45) is 0 Å². The number of fused-ring (bicyclic) bond motifs is 2. The van der Waals surface area contributed by atoms with Gasteiger partial charge in [0.1, 0.15) is 5.75 Å². The highest BCUT2D eigenvalue weighted by molar-refractivity contribution is 7.86. The molecule has 232 valence electrons. The quantitative estimate of drug-likeness (QED) is 0.106. The Hall–Kier alpha value is -3.52. The van der Waals surface area contributed by atoms with E-state index in [0.29, 0.717) is 46.8 Å². The number of oxazole rings is 1. The molecule has 5 rings (SSSR count). The van der Waals surface area contributed by atoms with E-state index in [-0.39, 0.29) is 24.6 Å². The van der Waals surface area contributed by atoms with Gasteiger partial charge < -0.3 is 18.6 Å². The van der Waals surface area contributed by atoms with Crippen molar-refractivity contribution in [3.8, 4) is 16.9 Å². The molecule has 4 aromatic rings. The molecular formula is C31H33ClN3O7S2+. The van der Waals surface area contributed by atoms with Gasteiger partial charge in [-0.1, -0.05) is 61.8 Å². The standard InChI is InChI=1S/C31H32ClN3O7S2/c1-3-22(19-31-35(15-17-44(38,39)42-33-4-2)27-21-25(32)11-13-29(27)41-31)18-30-34(14-16-43(36)37)26-20-24(10-12-28(26)40-30)23-8-6-5-7-9-23/h5-13,18-21,33H,3-4,14-17H2,1-2H3/p+1. The fourth-order valence-corrected chi connectivity index (χ4v) is 6.08. The third-order valence-electron chi connectivity index (χ3n) is 6.94. The zero-order chi connectivity index (χ0) is 31.3. The average Bonchev–Trinajstić information content (AvgIpc) is 3.53. The lowest BCUT2D eigenvalue weighted by molar-refractivity contribution is -0.673. The van der Waals surface area contributed by atoms with Crippen LogP contribution in [0, 0.1) is 0 Å². The van der Waals surface area contributed by atoms with E-state index in [9.17, 15) is 17.2 Å². The van der Waals surface area contributed by atoms with Gasteiger partial charge in [-0.3, -0.25) is 0 Å². The maximum atomic E-state index is 12.4. The normalized spacial score (nSPS) is 15.1. The Morgan fingerprint density at radius 2 is 1.91 bits per heavy atom. The van der Waals surface area contributed by atoms with E-state index < -0.39 is 21.2 Å². The summed E-state index contributed by atoms with van der Waals surface area (Å²) in [5, 5.41) is 0.482. The van der Waals surface area contributed by atoms with Crippen molar-refractivity contribution in [3.05, 3.63) is 95.2 Å². The predicted octanol–water partition coefficient (Wildman–Crippen LogP) is 5.67. The number of allylic oxidation sites excluding steroid dienone is 2. The van der Waals surface area contributed by atoms with Gasteiger partial charge in [-0.25, -0.2) is 4.21 Å². The molecule has 0 fully saturated rings. The Labute approximate surface area is 263 Å². The highest BCUT2D eigenvalue weighted by Gasteiger charge is 2.29. The first-order valence-electron chi connectivity index (χ1n) is 14.1. The summed E-state index contributed by atoms with van der Waals surface area (Å²) in [6.45, 7) is 4.36. The maximum absolute atomic E-state index is 12.4. The molecule has 0 aliphatic carbocycles. The number of hydroxylamine groups is 1. The minimum absolute atomic E-state index is 0.0225. The van der Waals surface area contributed by atoms with E-state index >= 15 is 0 Å². The molecule has 0 bridgehead atoms. The van der Waals surface area contributed by atoms with E-state index in [4.69, 9.17) is 25.0 Å². The molecule has 0 radical (unpaired) electrons. The molecule has 0 saturated carbocycles. The fraction of sp³-hybridized carbons (Fsp3) is 0.258. The number of nitrogens with zero attached hydrogens (tertiary/aromatic N) is 2. The zero-order valence-electron chi connectivity index (χ0n) is 24.2. The van der Waals surface area contributed by atoms with Gasteiger partial charge in [0.2, 0.25) is 11.5 Å². The Morgan fingerprint density at radius 3 is 2.64 bits per heavy atom. The summed E-state index contributed by atoms with van der Waals surface area (Å²) in [6, 6.07) is 21.0. The van der Waals surface area contributed by atoms with Crippen molar-refractivity contribution in [1.82, 2.24) is 5.48 Å². The lowest BCUT2D eigenvalue weighted by Gasteiger charge is -2.18. The first kappa shape index (κ1) is 31.9. The van der Waals surface area contributed by atoms with Crippen molar-refractivity contribution in [2.75, 3.05) is 29.5 Å². The van der Waals surface area contributed by atoms with Crippen molar-refractivity contribution in [1.29, 1.82) is 0 Å². The number of ether oxygens (including phenoxy) is 1. The van der Waals surface area contributed by atoms with Crippen molar-refractivity contribution in [2.45, 2.75) is 26.8 Å². The topological polar surface area (TPSA) is 122 Å². The number of anilines is 1. The van der Waals surface area contributed by atoms with E-state index in [1.54, 1.807) is 30.0 Å². The number of nitrogens with one attached hydrogen (secondary N) is 1. The van der Waals surface area contributed by atoms with Crippen LogP contribution in [0.5, 0.6) is 5.75 Å². The number of hydrogen-bond acceptors (Lipinski definition) is 8. The maximum Gasteiger partial charge on any atom is 0.374 e. The molecule has 0 spiro atoms. The van der Waals surface area contributed by atoms with E-state index in [1.165, 1.54) is 0 Å². The largest absolute Gasteiger partial charge is 0.439 e. The van der Waals surface area contributed by atoms with E-state index in [0.717, 1.165) is 22.2 Å². The molecule has 0 amide bonds. The van der Waals surface area contributed by atoms with Crippen LogP contribution in [-0.2, 0) is 32.0 Å². The fourth-order valence-electron chi connectivity index (χ4n) is 4.79. The van der Waals surface area contributed by atoms with Crippen LogP contribution in [-0.4, -0.2) is 41.8 Å². The molecule has 13 heteroatoms. The number of halogens is 1. The molecule has 1 aliphatic rings. The minimum Gasteiger partial charge on any atom is -0.439 e. The van der Waals surface area contributed by atoms with Gasteiger partial charge in [0.05, 0.1) is 17.5 Å². The van der Waals surface area contributed by atoms with Crippen LogP contribution in [0.15, 0.2) is 88.7 Å². The Kier molecular flexibility index (Phi) is 10.2. The number of benzene rings is 3. The zero-order valence-corrected chi connectivity index (χ0v) is 26.6. The van der Waals surface area contributed by atoms with Crippen LogP contribution in [0.1, 0.15) is 26.2 Å². The Balaban J connectivity index is 1.53. The molecule has 1 atom stereocenters. The smallest absolute Gasteiger partial charge is 0.374 e. The van der Waals surface area contributed by atoms with Crippen molar-refractivity contribution in [3.63, 3.8) is 0 Å². The lowest BCUT2D eigenvalue weighted by atomic mass is 10.1. The summed E-state index contributed by atoms with van der Waals surface area (Å²) in [5.41, 5.74) is 7.30. The van der Waals surface area contributed by atoms with Gasteiger partial charge in [0, 0.05) is 30.3 Å². The molecule has 1 unspecified atom stereocenters. The van der Waals surface area contributed by atoms with Gasteiger partial charge in [-0.05, 0) is 47.4 Å². The number of aromatic nitrogens is 1. The monoisotopic (exact) mass is 658 g/mol. The van der Waals surface area contributed by atoms with Crippen molar-refractivity contribution >= 4 is 55.7 Å². The first-order valence-corrected chi connectivity index (χ1v) is 17.3. The summed E-state index contributed by atoms with van der Waals surface area (Å²) in [6.07, 6.45) is 4.26. The highest BCUT2D eigenvalue weighted by Crippen LogP contribution is 2.41. The molecule has 1 aromatic heterocycles. The third kappa shape index (κ3) is 7.57. The molecule has 2 N–H and O–H groups in total. The lowest BCUT2D eigenvalue weighted by Crippen LogP contribution is -2.38. The molecular weight excluding hydrogens is 626 g/mol. The first-order chi connectivity index (χ1) is 21.2. The summed E-state index contributed by atoms with van der Waals surface area (Å²) in [7, 11) is -3.85. The van der Waals surface area contributed by atoms with Gasteiger partial charge in [0.25, 0.3) is 15.6 Å². The molecule has 0 saturated heterocycles. The third-order valence-corrected chi connectivity index (χ3v) is 8.76. The number of aryl methyl sites for hydroxylation is 1. The van der Waals surface area contributed by atoms with Gasteiger partial charge in [0.15, 0.2) is 23.4 Å². The molecule has 1 aliphatic heterocycles.